The lowest BCUT2D eigenvalue weighted by Crippen LogP contribution is -2.59. The van der Waals surface area contributed by atoms with Gasteiger partial charge in [-0.3, -0.25) is 4.79 Å². The van der Waals surface area contributed by atoms with Gasteiger partial charge in [-0.25, -0.2) is 24.3 Å². The Bertz CT molecular complexity index is 1190. The normalized spacial score (nSPS) is 22.0. The maximum absolute atomic E-state index is 14.0. The monoisotopic (exact) mass is 473 g/mol. The number of piperidine rings is 2. The molecule has 7 nitrogen and oxygen atoms in total. The number of carbonyl (C=O) groups excluding carboxylic acids is 1. The minimum atomic E-state index is -4.59. The largest absolute Gasteiger partial charge is 0.471 e. The lowest BCUT2D eigenvalue weighted by molar-refractivity contribution is -0.141. The summed E-state index contributed by atoms with van der Waals surface area (Å²) in [7, 11) is 0. The molecule has 2 bridgehead atoms. The fraction of sp³-hybridized carbons (Fsp3) is 0.348. The van der Waals surface area contributed by atoms with Gasteiger partial charge in [-0.15, -0.1) is 0 Å². The maximum atomic E-state index is 14.0. The second-order valence-corrected chi connectivity index (χ2v) is 8.36. The van der Waals surface area contributed by atoms with Crippen molar-refractivity contribution in [3.8, 4) is 17.3 Å². The van der Waals surface area contributed by atoms with Crippen LogP contribution < -0.4 is 4.74 Å². The number of fused-ring (bicyclic) bond motifs is 3. The van der Waals surface area contributed by atoms with E-state index in [0.717, 1.165) is 12.6 Å². The lowest BCUT2D eigenvalue weighted by atomic mass is 9.77. The van der Waals surface area contributed by atoms with Crippen LogP contribution in [-0.4, -0.2) is 49.4 Å². The first kappa shape index (κ1) is 22.2. The highest BCUT2D eigenvalue weighted by molar-refractivity contribution is 6.00. The second-order valence-electron chi connectivity index (χ2n) is 8.36. The van der Waals surface area contributed by atoms with Gasteiger partial charge in [0.05, 0.1) is 24.0 Å². The first-order valence-corrected chi connectivity index (χ1v) is 10.7. The number of hydrogen-bond donors (Lipinski definition) is 0. The summed E-state index contributed by atoms with van der Waals surface area (Å²) in [4.78, 5) is 30.7. The van der Waals surface area contributed by atoms with Gasteiger partial charge in [-0.2, -0.15) is 13.2 Å². The summed E-state index contributed by atoms with van der Waals surface area (Å²) in [6.45, 7) is 0.508. The van der Waals surface area contributed by atoms with E-state index in [-0.39, 0.29) is 40.7 Å². The molecule has 2 aliphatic heterocycles. The molecule has 176 valence electrons. The maximum Gasteiger partial charge on any atom is 0.434 e. The summed E-state index contributed by atoms with van der Waals surface area (Å²) in [5, 5.41) is 0. The number of alkyl halides is 3. The minimum Gasteiger partial charge on any atom is -0.471 e. The van der Waals surface area contributed by atoms with Crippen molar-refractivity contribution in [3.05, 3.63) is 66.1 Å². The summed E-state index contributed by atoms with van der Waals surface area (Å²) in [5.41, 5.74) is -0.542. The topological polar surface area (TPSA) is 81.1 Å². The molecule has 2 saturated heterocycles. The van der Waals surface area contributed by atoms with Crippen LogP contribution in [0, 0.1) is 11.7 Å². The lowest BCUT2D eigenvalue weighted by Gasteiger charge is -2.49. The van der Waals surface area contributed by atoms with Crippen LogP contribution in [0.4, 0.5) is 17.6 Å². The number of halogens is 4. The number of rotatable bonds is 4. The second kappa shape index (κ2) is 8.62. The van der Waals surface area contributed by atoms with Crippen molar-refractivity contribution in [1.29, 1.82) is 0 Å². The number of benzene rings is 1. The molecular formula is C23H19F4N5O2. The highest BCUT2D eigenvalue weighted by Crippen LogP contribution is 2.39. The van der Waals surface area contributed by atoms with E-state index in [4.69, 9.17) is 4.74 Å². The molecule has 0 radical (unpaired) electrons. The zero-order valence-corrected chi connectivity index (χ0v) is 17.7. The van der Waals surface area contributed by atoms with Gasteiger partial charge in [0.25, 0.3) is 5.91 Å². The molecule has 0 spiro atoms. The predicted molar refractivity (Wildman–Crippen MR) is 111 cm³/mol. The molecule has 1 aromatic carbocycles. The molecule has 2 aromatic heterocycles. The molecule has 3 unspecified atom stereocenters. The van der Waals surface area contributed by atoms with Gasteiger partial charge < -0.3 is 9.64 Å². The number of hydrogen-bond acceptors (Lipinski definition) is 6. The standard InChI is InChI=1S/C23H19F4N5O2/c24-14-3-4-15(16(9-14)21-28-6-1-7-29-21)22(33)32-12-13-2-5-17(32)18(8-13)34-20-11-30-19(10-31-20)23(25,26)27/h1,3-4,6-7,9-11,13,17-18H,2,5,8,12H2. The van der Waals surface area contributed by atoms with E-state index < -0.39 is 23.8 Å². The first-order chi connectivity index (χ1) is 16.3. The Kier molecular flexibility index (Phi) is 5.62. The molecule has 3 aromatic rings. The van der Waals surface area contributed by atoms with Crippen molar-refractivity contribution >= 4 is 5.91 Å². The Hall–Kier alpha value is -3.63. The third kappa shape index (κ3) is 4.29. The van der Waals surface area contributed by atoms with E-state index in [0.29, 0.717) is 25.6 Å². The van der Waals surface area contributed by atoms with Crippen LogP contribution in [0.15, 0.2) is 49.1 Å². The van der Waals surface area contributed by atoms with Gasteiger partial charge in [0.2, 0.25) is 5.88 Å². The zero-order chi connectivity index (χ0) is 23.9. The average molecular weight is 473 g/mol. The Morgan fingerprint density at radius 1 is 1.06 bits per heavy atom. The minimum absolute atomic E-state index is 0.0295. The molecule has 3 atom stereocenters. The quantitative estimate of drug-likeness (QED) is 0.530. The van der Waals surface area contributed by atoms with Crippen molar-refractivity contribution in [2.75, 3.05) is 6.54 Å². The molecule has 3 aliphatic rings. The summed E-state index contributed by atoms with van der Waals surface area (Å²) in [6.07, 6.45) is 1.80. The number of amides is 1. The van der Waals surface area contributed by atoms with Crippen molar-refractivity contribution < 1.29 is 27.1 Å². The molecule has 0 N–H and O–H groups in total. The van der Waals surface area contributed by atoms with E-state index in [2.05, 4.69) is 19.9 Å². The van der Waals surface area contributed by atoms with Crippen molar-refractivity contribution in [2.45, 2.75) is 37.6 Å². The number of nitrogens with zero attached hydrogens (tertiary/aromatic N) is 5. The SMILES string of the molecule is O=C(c1ccc(F)cc1-c1ncccn1)N1CC2CCC1C(Oc1cnc(C(F)(F)F)cn1)C2. The molecule has 1 amide bonds. The van der Waals surface area contributed by atoms with Gasteiger partial charge in [0.1, 0.15) is 11.9 Å². The van der Waals surface area contributed by atoms with Crippen LogP contribution in [0.5, 0.6) is 5.88 Å². The average Bonchev–Trinajstić information content (AvgIpc) is 2.84. The summed E-state index contributed by atoms with van der Waals surface area (Å²) >= 11 is 0. The first-order valence-electron chi connectivity index (χ1n) is 10.7. The number of carbonyl (C=O) groups is 1. The van der Waals surface area contributed by atoms with Gasteiger partial charge in [0.15, 0.2) is 11.5 Å². The molecule has 4 heterocycles. The fourth-order valence-corrected chi connectivity index (χ4v) is 4.65. The fourth-order valence-electron chi connectivity index (χ4n) is 4.65. The molecule has 34 heavy (non-hydrogen) atoms. The van der Waals surface area contributed by atoms with Crippen LogP contribution in [0.2, 0.25) is 0 Å². The van der Waals surface area contributed by atoms with Crippen LogP contribution in [0.3, 0.4) is 0 Å². The van der Waals surface area contributed by atoms with Crippen LogP contribution in [0.25, 0.3) is 11.4 Å². The third-order valence-electron chi connectivity index (χ3n) is 6.19. The Balaban J connectivity index is 1.40. The van der Waals surface area contributed by atoms with Crippen molar-refractivity contribution in [1.82, 2.24) is 24.8 Å². The van der Waals surface area contributed by atoms with E-state index in [9.17, 15) is 22.4 Å². The van der Waals surface area contributed by atoms with Gasteiger partial charge >= 0.3 is 6.18 Å². The highest BCUT2D eigenvalue weighted by atomic mass is 19.4. The van der Waals surface area contributed by atoms with E-state index in [1.807, 2.05) is 0 Å². The van der Waals surface area contributed by atoms with E-state index in [1.165, 1.54) is 30.6 Å². The molecular weight excluding hydrogens is 454 g/mol. The van der Waals surface area contributed by atoms with Gasteiger partial charge in [-0.1, -0.05) is 0 Å². The van der Waals surface area contributed by atoms with Crippen LogP contribution >= 0.6 is 0 Å². The smallest absolute Gasteiger partial charge is 0.434 e. The summed E-state index contributed by atoms with van der Waals surface area (Å²) in [5.74, 6) is -0.443. The number of ether oxygens (including phenoxy) is 1. The van der Waals surface area contributed by atoms with Gasteiger partial charge in [0, 0.05) is 24.5 Å². The Morgan fingerprint density at radius 3 is 2.53 bits per heavy atom. The Labute approximate surface area is 191 Å². The van der Waals surface area contributed by atoms with E-state index in [1.54, 1.807) is 11.0 Å². The van der Waals surface area contributed by atoms with Crippen LogP contribution in [0.1, 0.15) is 35.3 Å². The molecule has 1 saturated carbocycles. The van der Waals surface area contributed by atoms with Gasteiger partial charge in [-0.05, 0) is 49.4 Å². The van der Waals surface area contributed by atoms with Crippen LogP contribution in [-0.2, 0) is 6.18 Å². The zero-order valence-electron chi connectivity index (χ0n) is 17.7. The third-order valence-corrected chi connectivity index (χ3v) is 6.19. The van der Waals surface area contributed by atoms with Crippen molar-refractivity contribution in [3.63, 3.8) is 0 Å². The molecule has 3 fully saturated rings. The molecule has 1 aliphatic carbocycles. The van der Waals surface area contributed by atoms with Crippen molar-refractivity contribution in [2.24, 2.45) is 5.92 Å². The molecule has 6 rings (SSSR count). The van der Waals surface area contributed by atoms with E-state index >= 15 is 0 Å². The highest BCUT2D eigenvalue weighted by Gasteiger charge is 2.45. The predicted octanol–water partition coefficient (Wildman–Crippen LogP) is 4.16. The number of aromatic nitrogens is 4. The summed E-state index contributed by atoms with van der Waals surface area (Å²) in [6, 6.07) is 5.18. The Morgan fingerprint density at radius 2 is 1.85 bits per heavy atom. The molecule has 11 heteroatoms. The summed E-state index contributed by atoms with van der Waals surface area (Å²) < 4.78 is 58.2.